The Kier molecular flexibility index (Phi) is 3.41. The summed E-state index contributed by atoms with van der Waals surface area (Å²) in [5, 5.41) is 0. The minimum atomic E-state index is 0.0842. The van der Waals surface area contributed by atoms with E-state index in [9.17, 15) is 4.79 Å². The third-order valence-corrected chi connectivity index (χ3v) is 3.21. The highest BCUT2D eigenvalue weighted by atomic mass is 16.2. The molecule has 2 rings (SSSR count). The van der Waals surface area contributed by atoms with Gasteiger partial charge >= 0.3 is 0 Å². The van der Waals surface area contributed by atoms with Gasteiger partial charge in [-0.25, -0.2) is 9.97 Å². The first-order valence-corrected chi connectivity index (χ1v) is 6.16. The quantitative estimate of drug-likeness (QED) is 0.782. The number of aryl methyl sites for hydroxylation is 1. The Morgan fingerprint density at radius 1 is 1.53 bits per heavy atom. The molecule has 0 unspecified atom stereocenters. The molecule has 17 heavy (non-hydrogen) atoms. The maximum Gasteiger partial charge on any atom is 0.225 e. The number of hydrogen-bond acceptors (Lipinski definition) is 3. The van der Waals surface area contributed by atoms with Gasteiger partial charge < -0.3 is 4.90 Å². The van der Waals surface area contributed by atoms with Crippen LogP contribution >= 0.6 is 0 Å². The molecule has 1 fully saturated rings. The first-order valence-electron chi connectivity index (χ1n) is 6.16. The first kappa shape index (κ1) is 12.0. The highest BCUT2D eigenvalue weighted by molar-refractivity contribution is 5.78. The molecule has 0 saturated carbocycles. The van der Waals surface area contributed by atoms with Crippen LogP contribution in [0.5, 0.6) is 0 Å². The van der Waals surface area contributed by atoms with E-state index < -0.39 is 0 Å². The lowest BCUT2D eigenvalue weighted by Crippen LogP contribution is -2.32. The summed E-state index contributed by atoms with van der Waals surface area (Å²) in [7, 11) is 0. The predicted octanol–water partition coefficient (Wildman–Crippen LogP) is 1.76. The van der Waals surface area contributed by atoms with Gasteiger partial charge in [-0.15, -0.1) is 0 Å². The number of hydrogen-bond donors (Lipinski definition) is 0. The second-order valence-corrected chi connectivity index (χ2v) is 4.95. The van der Waals surface area contributed by atoms with E-state index in [2.05, 4.69) is 9.97 Å². The first-order chi connectivity index (χ1) is 8.08. The summed E-state index contributed by atoms with van der Waals surface area (Å²) in [6.07, 6.45) is 2.81. The standard InChI is InChI=1S/C13H19N3O/c1-9(2)13(17)16-7-5-11(8-16)12-4-6-14-10(3)15-12/h4,6,9,11H,5,7-8H2,1-3H3/t11-/m1/s1. The molecule has 1 amide bonds. The van der Waals surface area contributed by atoms with E-state index in [4.69, 9.17) is 0 Å². The molecule has 0 bridgehead atoms. The van der Waals surface area contributed by atoms with Gasteiger partial charge in [0.1, 0.15) is 5.82 Å². The van der Waals surface area contributed by atoms with E-state index in [1.54, 1.807) is 6.20 Å². The molecule has 0 radical (unpaired) electrons. The molecule has 4 nitrogen and oxygen atoms in total. The monoisotopic (exact) mass is 233 g/mol. The molecule has 1 aliphatic heterocycles. The highest BCUT2D eigenvalue weighted by Gasteiger charge is 2.29. The third kappa shape index (κ3) is 2.62. The molecule has 0 aromatic carbocycles. The van der Waals surface area contributed by atoms with Gasteiger partial charge in [-0.3, -0.25) is 4.79 Å². The number of carbonyl (C=O) groups is 1. The molecule has 2 heterocycles. The molecule has 4 heteroatoms. The van der Waals surface area contributed by atoms with Crippen LogP contribution < -0.4 is 0 Å². The maximum atomic E-state index is 11.9. The van der Waals surface area contributed by atoms with E-state index in [1.165, 1.54) is 0 Å². The van der Waals surface area contributed by atoms with Crippen LogP contribution in [0.25, 0.3) is 0 Å². The van der Waals surface area contributed by atoms with Crippen LogP contribution in [0.3, 0.4) is 0 Å². The molecule has 1 aliphatic rings. The summed E-state index contributed by atoms with van der Waals surface area (Å²) in [6.45, 7) is 7.45. The summed E-state index contributed by atoms with van der Waals surface area (Å²) >= 11 is 0. The minimum Gasteiger partial charge on any atom is -0.342 e. The molecular weight excluding hydrogens is 214 g/mol. The molecule has 0 aliphatic carbocycles. The molecule has 1 atom stereocenters. The van der Waals surface area contributed by atoms with Crippen LogP contribution in [-0.2, 0) is 4.79 Å². The number of likely N-dealkylation sites (tertiary alicyclic amines) is 1. The third-order valence-electron chi connectivity index (χ3n) is 3.21. The second-order valence-electron chi connectivity index (χ2n) is 4.95. The Hall–Kier alpha value is -1.45. The summed E-state index contributed by atoms with van der Waals surface area (Å²) in [6, 6.07) is 1.96. The van der Waals surface area contributed by atoms with Crippen molar-refractivity contribution >= 4 is 5.91 Å². The molecule has 0 spiro atoms. The van der Waals surface area contributed by atoms with Crippen molar-refractivity contribution in [1.82, 2.24) is 14.9 Å². The van der Waals surface area contributed by atoms with Gasteiger partial charge in [-0.1, -0.05) is 13.8 Å². The van der Waals surface area contributed by atoms with Crippen molar-refractivity contribution in [1.29, 1.82) is 0 Å². The Morgan fingerprint density at radius 3 is 2.94 bits per heavy atom. The lowest BCUT2D eigenvalue weighted by Gasteiger charge is -2.18. The molecule has 1 aromatic rings. The summed E-state index contributed by atoms with van der Waals surface area (Å²) in [5.74, 6) is 1.51. The summed E-state index contributed by atoms with van der Waals surface area (Å²) < 4.78 is 0. The largest absolute Gasteiger partial charge is 0.342 e. The normalized spacial score (nSPS) is 20.0. The van der Waals surface area contributed by atoms with E-state index >= 15 is 0 Å². The number of rotatable bonds is 2. The number of carbonyl (C=O) groups excluding carboxylic acids is 1. The smallest absolute Gasteiger partial charge is 0.225 e. The zero-order chi connectivity index (χ0) is 12.4. The van der Waals surface area contributed by atoms with E-state index in [0.717, 1.165) is 31.0 Å². The fourth-order valence-corrected chi connectivity index (χ4v) is 2.27. The minimum absolute atomic E-state index is 0.0842. The Balaban J connectivity index is 2.05. The van der Waals surface area contributed by atoms with Gasteiger partial charge in [0, 0.05) is 36.8 Å². The van der Waals surface area contributed by atoms with Crippen LogP contribution in [0.2, 0.25) is 0 Å². The average molecular weight is 233 g/mol. The lowest BCUT2D eigenvalue weighted by atomic mass is 10.0. The Morgan fingerprint density at radius 2 is 2.29 bits per heavy atom. The second kappa shape index (κ2) is 4.82. The van der Waals surface area contributed by atoms with Gasteiger partial charge in [0.15, 0.2) is 0 Å². The average Bonchev–Trinajstić information content (AvgIpc) is 2.77. The molecular formula is C13H19N3O. The topological polar surface area (TPSA) is 46.1 Å². The zero-order valence-electron chi connectivity index (χ0n) is 10.7. The van der Waals surface area contributed by atoms with Gasteiger partial charge in [0.25, 0.3) is 0 Å². The fourth-order valence-electron chi connectivity index (χ4n) is 2.27. The fraction of sp³-hybridized carbons (Fsp3) is 0.615. The molecule has 92 valence electrons. The predicted molar refractivity (Wildman–Crippen MR) is 65.5 cm³/mol. The van der Waals surface area contributed by atoms with Crippen molar-refractivity contribution < 1.29 is 4.79 Å². The van der Waals surface area contributed by atoms with Crippen molar-refractivity contribution in [2.24, 2.45) is 5.92 Å². The Bertz CT molecular complexity index is 417. The number of aromatic nitrogens is 2. The van der Waals surface area contributed by atoms with Gasteiger partial charge in [0.05, 0.1) is 0 Å². The molecule has 0 N–H and O–H groups in total. The van der Waals surface area contributed by atoms with Crippen LogP contribution in [-0.4, -0.2) is 33.9 Å². The van der Waals surface area contributed by atoms with Crippen molar-refractivity contribution in [3.05, 3.63) is 23.8 Å². The van der Waals surface area contributed by atoms with E-state index in [0.29, 0.717) is 5.92 Å². The Labute approximate surface area is 102 Å². The number of amides is 1. The number of nitrogens with zero attached hydrogens (tertiary/aromatic N) is 3. The lowest BCUT2D eigenvalue weighted by molar-refractivity contribution is -0.133. The zero-order valence-corrected chi connectivity index (χ0v) is 10.7. The molecule has 1 saturated heterocycles. The van der Waals surface area contributed by atoms with Gasteiger partial charge in [-0.2, -0.15) is 0 Å². The molecule has 1 aromatic heterocycles. The van der Waals surface area contributed by atoms with Gasteiger partial charge in [0.2, 0.25) is 5.91 Å². The van der Waals surface area contributed by atoms with Crippen molar-refractivity contribution in [3.63, 3.8) is 0 Å². The van der Waals surface area contributed by atoms with E-state index in [1.807, 2.05) is 31.7 Å². The van der Waals surface area contributed by atoms with Crippen LogP contribution in [0.15, 0.2) is 12.3 Å². The van der Waals surface area contributed by atoms with Crippen molar-refractivity contribution in [2.75, 3.05) is 13.1 Å². The highest BCUT2D eigenvalue weighted by Crippen LogP contribution is 2.26. The maximum absolute atomic E-state index is 11.9. The van der Waals surface area contributed by atoms with Crippen LogP contribution in [0.1, 0.15) is 37.7 Å². The SMILES string of the molecule is Cc1nccc([C@@H]2CCN(C(=O)C(C)C)C2)n1. The summed E-state index contributed by atoms with van der Waals surface area (Å²) in [5.41, 5.74) is 1.07. The van der Waals surface area contributed by atoms with Crippen molar-refractivity contribution in [2.45, 2.75) is 33.1 Å². The van der Waals surface area contributed by atoms with Crippen molar-refractivity contribution in [3.8, 4) is 0 Å². The summed E-state index contributed by atoms with van der Waals surface area (Å²) in [4.78, 5) is 22.4. The van der Waals surface area contributed by atoms with Gasteiger partial charge in [-0.05, 0) is 19.4 Å². The van der Waals surface area contributed by atoms with Crippen LogP contribution in [0, 0.1) is 12.8 Å². The van der Waals surface area contributed by atoms with E-state index in [-0.39, 0.29) is 11.8 Å². The van der Waals surface area contributed by atoms with Crippen LogP contribution in [0.4, 0.5) is 0 Å².